The lowest BCUT2D eigenvalue weighted by Crippen LogP contribution is -2.16. The van der Waals surface area contributed by atoms with Crippen molar-refractivity contribution in [1.29, 1.82) is 0 Å². The Bertz CT molecular complexity index is 752. The highest BCUT2D eigenvalue weighted by Crippen LogP contribution is 2.32. The molecule has 3 rings (SSSR count). The van der Waals surface area contributed by atoms with Crippen LogP contribution in [-0.4, -0.2) is 16.5 Å². The third-order valence-corrected chi connectivity index (χ3v) is 2.92. The highest BCUT2D eigenvalue weighted by Gasteiger charge is 2.31. The number of hydrogen-bond donors (Lipinski definition) is 0. The van der Waals surface area contributed by atoms with Gasteiger partial charge in [0.1, 0.15) is 17.7 Å². The molecule has 0 bridgehead atoms. The molecule has 0 radical (unpaired) electrons. The molecule has 0 N–H and O–H groups in total. The number of pyridine rings is 1. The van der Waals surface area contributed by atoms with Crippen molar-refractivity contribution >= 4 is 0 Å². The third-order valence-electron chi connectivity index (χ3n) is 2.92. The van der Waals surface area contributed by atoms with E-state index >= 15 is 0 Å². The molecule has 22 heavy (non-hydrogen) atoms. The third kappa shape index (κ3) is 3.08. The van der Waals surface area contributed by atoms with Crippen LogP contribution < -0.4 is 4.74 Å². The molecule has 7 heteroatoms. The number of alkyl halides is 3. The van der Waals surface area contributed by atoms with E-state index in [1.165, 1.54) is 30.5 Å². The van der Waals surface area contributed by atoms with Crippen LogP contribution in [0.1, 0.15) is 0 Å². The van der Waals surface area contributed by atoms with Crippen LogP contribution >= 0.6 is 0 Å². The zero-order valence-electron chi connectivity index (χ0n) is 11.0. The van der Waals surface area contributed by atoms with Gasteiger partial charge in [0.25, 0.3) is 0 Å². The predicted molar refractivity (Wildman–Crippen MR) is 71.9 cm³/mol. The summed E-state index contributed by atoms with van der Waals surface area (Å²) in [4.78, 5) is 3.93. The molecule has 1 aromatic carbocycles. The van der Waals surface area contributed by atoms with E-state index in [1.807, 2.05) is 0 Å². The van der Waals surface area contributed by atoms with E-state index in [4.69, 9.17) is 4.52 Å². The van der Waals surface area contributed by atoms with Gasteiger partial charge in [-0.15, -0.1) is 13.2 Å². The van der Waals surface area contributed by atoms with Crippen molar-refractivity contribution in [2.75, 3.05) is 0 Å². The SMILES string of the molecule is FC(F)(F)Oc1ccc(-c2nocc2-c2ccncc2)cc1. The van der Waals surface area contributed by atoms with Crippen LogP contribution in [0.2, 0.25) is 0 Å². The Balaban J connectivity index is 1.91. The Kier molecular flexibility index (Phi) is 3.54. The highest BCUT2D eigenvalue weighted by atomic mass is 19.4. The number of rotatable bonds is 3. The molecule has 0 fully saturated rings. The van der Waals surface area contributed by atoms with Gasteiger partial charge in [0.05, 0.1) is 0 Å². The first-order valence-electron chi connectivity index (χ1n) is 6.24. The first-order chi connectivity index (χ1) is 10.5. The molecule has 0 unspecified atom stereocenters. The highest BCUT2D eigenvalue weighted by molar-refractivity contribution is 5.79. The summed E-state index contributed by atoms with van der Waals surface area (Å²) in [5, 5.41) is 3.91. The topological polar surface area (TPSA) is 48.2 Å². The van der Waals surface area contributed by atoms with Gasteiger partial charge in [-0.1, -0.05) is 5.16 Å². The first-order valence-corrected chi connectivity index (χ1v) is 6.24. The van der Waals surface area contributed by atoms with Gasteiger partial charge in [-0.3, -0.25) is 4.98 Å². The molecule has 3 aromatic rings. The standard InChI is InChI=1S/C15H9F3N2O2/c16-15(17,18)22-12-3-1-11(2-4-12)14-13(9-21-20-14)10-5-7-19-8-6-10/h1-9H. The average Bonchev–Trinajstić information content (AvgIpc) is 2.97. The van der Waals surface area contributed by atoms with Crippen LogP contribution in [0.15, 0.2) is 59.6 Å². The molecule has 0 aliphatic carbocycles. The molecule has 112 valence electrons. The van der Waals surface area contributed by atoms with Gasteiger partial charge in [0.15, 0.2) is 0 Å². The zero-order valence-corrected chi connectivity index (χ0v) is 11.0. The van der Waals surface area contributed by atoms with E-state index in [1.54, 1.807) is 24.5 Å². The van der Waals surface area contributed by atoms with Gasteiger partial charge >= 0.3 is 6.36 Å². The molecule has 0 spiro atoms. The summed E-state index contributed by atoms with van der Waals surface area (Å²) in [5.41, 5.74) is 2.73. The molecule has 4 nitrogen and oxygen atoms in total. The quantitative estimate of drug-likeness (QED) is 0.723. The summed E-state index contributed by atoms with van der Waals surface area (Å²) in [7, 11) is 0. The Morgan fingerprint density at radius 2 is 1.59 bits per heavy atom. The van der Waals surface area contributed by atoms with Gasteiger partial charge in [-0.25, -0.2) is 0 Å². The Morgan fingerprint density at radius 1 is 0.909 bits per heavy atom. The van der Waals surface area contributed by atoms with Crippen LogP contribution in [-0.2, 0) is 0 Å². The maximum Gasteiger partial charge on any atom is 0.573 e. The van der Waals surface area contributed by atoms with Crippen LogP contribution in [0.5, 0.6) is 5.75 Å². The molecular formula is C15H9F3N2O2. The minimum absolute atomic E-state index is 0.287. The van der Waals surface area contributed by atoms with Crippen molar-refractivity contribution < 1.29 is 22.4 Å². The van der Waals surface area contributed by atoms with Crippen molar-refractivity contribution in [3.63, 3.8) is 0 Å². The minimum atomic E-state index is -4.71. The maximum atomic E-state index is 12.1. The van der Waals surface area contributed by atoms with E-state index in [-0.39, 0.29) is 5.75 Å². The van der Waals surface area contributed by atoms with Crippen LogP contribution in [0.4, 0.5) is 13.2 Å². The Labute approximate surface area is 123 Å². The molecule has 0 aliphatic rings. The van der Waals surface area contributed by atoms with Crippen molar-refractivity contribution in [2.24, 2.45) is 0 Å². The minimum Gasteiger partial charge on any atom is -0.406 e. The molecule has 0 aliphatic heterocycles. The van der Waals surface area contributed by atoms with Crippen LogP contribution in [0, 0.1) is 0 Å². The number of halogens is 3. The van der Waals surface area contributed by atoms with Crippen molar-refractivity contribution in [2.45, 2.75) is 6.36 Å². The van der Waals surface area contributed by atoms with Crippen LogP contribution in [0.25, 0.3) is 22.4 Å². The fourth-order valence-corrected chi connectivity index (χ4v) is 2.00. The summed E-state index contributed by atoms with van der Waals surface area (Å²) < 4.78 is 45.3. The molecular weight excluding hydrogens is 297 g/mol. The van der Waals surface area contributed by atoms with E-state index in [0.29, 0.717) is 11.3 Å². The van der Waals surface area contributed by atoms with Crippen molar-refractivity contribution in [3.05, 3.63) is 55.1 Å². The van der Waals surface area contributed by atoms with Gasteiger partial charge in [-0.2, -0.15) is 0 Å². The second kappa shape index (κ2) is 5.51. The number of aromatic nitrogens is 2. The summed E-state index contributed by atoms with van der Waals surface area (Å²) >= 11 is 0. The number of ether oxygens (including phenoxy) is 1. The average molecular weight is 306 g/mol. The number of benzene rings is 1. The fourth-order valence-electron chi connectivity index (χ4n) is 2.00. The summed E-state index contributed by atoms with van der Waals surface area (Å²) in [5.74, 6) is -0.287. The Hall–Kier alpha value is -2.83. The molecule has 2 aromatic heterocycles. The second-order valence-corrected chi connectivity index (χ2v) is 4.38. The van der Waals surface area contributed by atoms with E-state index in [0.717, 1.165) is 11.1 Å². The van der Waals surface area contributed by atoms with E-state index in [2.05, 4.69) is 14.9 Å². The predicted octanol–water partition coefficient (Wildman–Crippen LogP) is 4.30. The molecule has 0 amide bonds. The molecule has 0 saturated heterocycles. The van der Waals surface area contributed by atoms with Gasteiger partial charge in [0, 0.05) is 23.5 Å². The summed E-state index contributed by atoms with van der Waals surface area (Å²) in [6, 6.07) is 9.02. The smallest absolute Gasteiger partial charge is 0.406 e. The molecule has 0 saturated carbocycles. The van der Waals surface area contributed by atoms with Crippen molar-refractivity contribution in [3.8, 4) is 28.1 Å². The number of nitrogens with zero attached hydrogens (tertiary/aromatic N) is 2. The summed E-state index contributed by atoms with van der Waals surface area (Å²) in [6.07, 6.45) is 0.0289. The summed E-state index contributed by atoms with van der Waals surface area (Å²) in [6.45, 7) is 0. The van der Waals surface area contributed by atoms with E-state index in [9.17, 15) is 13.2 Å². The van der Waals surface area contributed by atoms with E-state index < -0.39 is 6.36 Å². The lowest BCUT2D eigenvalue weighted by Gasteiger charge is -2.09. The fraction of sp³-hybridized carbons (Fsp3) is 0.0667. The van der Waals surface area contributed by atoms with Crippen LogP contribution in [0.3, 0.4) is 0 Å². The van der Waals surface area contributed by atoms with Gasteiger partial charge in [0.2, 0.25) is 0 Å². The van der Waals surface area contributed by atoms with Crippen molar-refractivity contribution in [1.82, 2.24) is 10.1 Å². The lowest BCUT2D eigenvalue weighted by molar-refractivity contribution is -0.274. The largest absolute Gasteiger partial charge is 0.573 e. The van der Waals surface area contributed by atoms with Gasteiger partial charge in [-0.05, 0) is 42.0 Å². The molecule has 2 heterocycles. The maximum absolute atomic E-state index is 12.1. The van der Waals surface area contributed by atoms with Gasteiger partial charge < -0.3 is 9.26 Å². The number of hydrogen-bond acceptors (Lipinski definition) is 4. The normalized spacial score (nSPS) is 11.4. The first kappa shape index (κ1) is 14.1. The lowest BCUT2D eigenvalue weighted by atomic mass is 10.0. The molecule has 0 atom stereocenters. The second-order valence-electron chi connectivity index (χ2n) is 4.38. The Morgan fingerprint density at radius 3 is 2.23 bits per heavy atom. The monoisotopic (exact) mass is 306 g/mol. The zero-order chi connectivity index (χ0) is 15.6.